The maximum atomic E-state index is 13.6. The highest BCUT2D eigenvalue weighted by molar-refractivity contribution is 5.89. The van der Waals surface area contributed by atoms with Gasteiger partial charge in [0, 0.05) is 12.1 Å². The van der Waals surface area contributed by atoms with Crippen molar-refractivity contribution in [2.45, 2.75) is 19.1 Å². The summed E-state index contributed by atoms with van der Waals surface area (Å²) < 4.78 is 24.4. The lowest BCUT2D eigenvalue weighted by Crippen LogP contribution is -2.34. The van der Waals surface area contributed by atoms with Crippen molar-refractivity contribution >= 4 is 23.1 Å². The standard InChI is InChI=1S/C16H16FN3O4/c1-8-12(20-15(22)14(8)17)7-24-16-9-5-13(23-2)11(6-21)19-10(9)3-4-18-16/h3-6,8,12,14H,7H2,1-2H3,(H,20,22). The minimum absolute atomic E-state index is 0.0805. The maximum absolute atomic E-state index is 13.6. The van der Waals surface area contributed by atoms with E-state index in [0.717, 1.165) is 0 Å². The molecule has 7 nitrogen and oxygen atoms in total. The van der Waals surface area contributed by atoms with Gasteiger partial charge in [-0.05, 0) is 12.1 Å². The van der Waals surface area contributed by atoms with Crippen LogP contribution in [0.25, 0.3) is 10.9 Å². The Kier molecular flexibility index (Phi) is 4.28. The Morgan fingerprint density at radius 3 is 2.88 bits per heavy atom. The van der Waals surface area contributed by atoms with Crippen molar-refractivity contribution < 1.29 is 23.5 Å². The molecule has 0 aromatic carbocycles. The third-order valence-electron chi connectivity index (χ3n) is 4.10. The first-order valence-electron chi connectivity index (χ1n) is 7.41. The molecule has 126 valence electrons. The number of hydrogen-bond donors (Lipinski definition) is 1. The summed E-state index contributed by atoms with van der Waals surface area (Å²) in [6, 6.07) is 2.82. The largest absolute Gasteiger partial charge is 0.494 e. The van der Waals surface area contributed by atoms with Gasteiger partial charge in [0.15, 0.2) is 12.5 Å². The molecule has 1 aliphatic rings. The summed E-state index contributed by atoms with van der Waals surface area (Å²) in [5.74, 6) is -0.524. The average Bonchev–Trinajstić information content (AvgIpc) is 2.85. The van der Waals surface area contributed by atoms with Crippen molar-refractivity contribution in [3.8, 4) is 11.6 Å². The minimum Gasteiger partial charge on any atom is -0.494 e. The van der Waals surface area contributed by atoms with E-state index in [2.05, 4.69) is 15.3 Å². The van der Waals surface area contributed by atoms with E-state index in [0.29, 0.717) is 22.9 Å². The molecule has 1 amide bonds. The molecule has 0 spiro atoms. The van der Waals surface area contributed by atoms with Crippen molar-refractivity contribution in [3.63, 3.8) is 0 Å². The van der Waals surface area contributed by atoms with Crippen LogP contribution in [0.4, 0.5) is 4.39 Å². The number of amides is 1. The number of alkyl halides is 1. The smallest absolute Gasteiger partial charge is 0.255 e. The zero-order valence-electron chi connectivity index (χ0n) is 13.2. The lowest BCUT2D eigenvalue weighted by molar-refractivity contribution is -0.123. The molecule has 0 saturated carbocycles. The van der Waals surface area contributed by atoms with E-state index in [1.165, 1.54) is 13.3 Å². The van der Waals surface area contributed by atoms with Gasteiger partial charge < -0.3 is 14.8 Å². The van der Waals surface area contributed by atoms with Crippen LogP contribution in [0.1, 0.15) is 17.4 Å². The normalized spacial score (nSPS) is 23.1. The zero-order chi connectivity index (χ0) is 17.3. The Bertz CT molecular complexity index is 798. The first-order valence-corrected chi connectivity index (χ1v) is 7.41. The molecule has 8 heteroatoms. The number of rotatable bonds is 5. The Balaban J connectivity index is 1.87. The summed E-state index contributed by atoms with van der Waals surface area (Å²) in [6.07, 6.45) is 0.576. The van der Waals surface area contributed by atoms with Gasteiger partial charge in [0.05, 0.1) is 24.1 Å². The molecule has 0 radical (unpaired) electrons. The number of fused-ring (bicyclic) bond motifs is 1. The molecule has 0 aliphatic carbocycles. The van der Waals surface area contributed by atoms with Gasteiger partial charge in [-0.1, -0.05) is 6.92 Å². The molecule has 0 bridgehead atoms. The van der Waals surface area contributed by atoms with Gasteiger partial charge in [-0.25, -0.2) is 14.4 Å². The second-order valence-electron chi connectivity index (χ2n) is 5.56. The zero-order valence-corrected chi connectivity index (χ0v) is 13.2. The molecule has 1 fully saturated rings. The minimum atomic E-state index is -1.53. The van der Waals surface area contributed by atoms with Crippen molar-refractivity contribution in [1.82, 2.24) is 15.3 Å². The molecule has 2 aromatic heterocycles. The molecule has 1 saturated heterocycles. The summed E-state index contributed by atoms with van der Waals surface area (Å²) in [4.78, 5) is 30.8. The Hall–Kier alpha value is -2.77. The lowest BCUT2D eigenvalue weighted by atomic mass is 10.0. The molecule has 2 aromatic rings. The molecule has 24 heavy (non-hydrogen) atoms. The van der Waals surface area contributed by atoms with Crippen LogP contribution >= 0.6 is 0 Å². The monoisotopic (exact) mass is 333 g/mol. The molecule has 3 atom stereocenters. The molecule has 1 N–H and O–H groups in total. The van der Waals surface area contributed by atoms with E-state index in [-0.39, 0.29) is 18.2 Å². The van der Waals surface area contributed by atoms with Crippen LogP contribution in [0.5, 0.6) is 11.6 Å². The number of nitrogens with zero attached hydrogens (tertiary/aromatic N) is 2. The van der Waals surface area contributed by atoms with Gasteiger partial charge in [-0.15, -0.1) is 0 Å². The number of methoxy groups -OCH3 is 1. The lowest BCUT2D eigenvalue weighted by Gasteiger charge is -2.16. The third kappa shape index (κ3) is 2.75. The van der Waals surface area contributed by atoms with E-state index in [9.17, 15) is 14.0 Å². The molecule has 1 aliphatic heterocycles. The first kappa shape index (κ1) is 16.1. The predicted octanol–water partition coefficient (Wildman–Crippen LogP) is 1.30. The van der Waals surface area contributed by atoms with E-state index in [1.807, 2.05) is 0 Å². The van der Waals surface area contributed by atoms with Crippen LogP contribution in [0, 0.1) is 5.92 Å². The summed E-state index contributed by atoms with van der Waals surface area (Å²) in [6.45, 7) is 1.73. The van der Waals surface area contributed by atoms with Crippen molar-refractivity contribution in [2.75, 3.05) is 13.7 Å². The summed E-state index contributed by atoms with van der Waals surface area (Å²) >= 11 is 0. The number of aromatic nitrogens is 2. The van der Waals surface area contributed by atoms with Gasteiger partial charge in [0.2, 0.25) is 5.88 Å². The average molecular weight is 333 g/mol. The predicted molar refractivity (Wildman–Crippen MR) is 83.0 cm³/mol. The van der Waals surface area contributed by atoms with Crippen molar-refractivity contribution in [2.24, 2.45) is 5.92 Å². The highest BCUT2D eigenvalue weighted by atomic mass is 19.1. The summed E-state index contributed by atoms with van der Waals surface area (Å²) in [5, 5.41) is 3.12. The van der Waals surface area contributed by atoms with Crippen LogP contribution in [0.3, 0.4) is 0 Å². The quantitative estimate of drug-likeness (QED) is 0.830. The number of nitrogens with one attached hydrogen (secondary N) is 1. The van der Waals surface area contributed by atoms with E-state index in [1.54, 1.807) is 19.1 Å². The number of aldehydes is 1. The molecule has 3 unspecified atom stereocenters. The van der Waals surface area contributed by atoms with Gasteiger partial charge in [0.25, 0.3) is 5.91 Å². The van der Waals surface area contributed by atoms with Crippen LogP contribution in [-0.2, 0) is 4.79 Å². The fourth-order valence-electron chi connectivity index (χ4n) is 2.63. The highest BCUT2D eigenvalue weighted by Crippen LogP contribution is 2.28. The molecular formula is C16H16FN3O4. The van der Waals surface area contributed by atoms with Crippen LogP contribution in [0.2, 0.25) is 0 Å². The number of ether oxygens (including phenoxy) is 2. The van der Waals surface area contributed by atoms with Crippen molar-refractivity contribution in [3.05, 3.63) is 24.0 Å². The second-order valence-corrected chi connectivity index (χ2v) is 5.56. The van der Waals surface area contributed by atoms with E-state index >= 15 is 0 Å². The maximum Gasteiger partial charge on any atom is 0.255 e. The number of pyridine rings is 2. The topological polar surface area (TPSA) is 90.4 Å². The molecule has 3 rings (SSSR count). The van der Waals surface area contributed by atoms with Gasteiger partial charge in [-0.3, -0.25) is 9.59 Å². The molecular weight excluding hydrogens is 317 g/mol. The highest BCUT2D eigenvalue weighted by Gasteiger charge is 2.39. The van der Waals surface area contributed by atoms with Crippen molar-refractivity contribution in [1.29, 1.82) is 0 Å². The van der Waals surface area contributed by atoms with Crippen LogP contribution < -0.4 is 14.8 Å². The number of halogens is 1. The fourth-order valence-corrected chi connectivity index (χ4v) is 2.63. The Morgan fingerprint density at radius 2 is 2.25 bits per heavy atom. The van der Waals surface area contributed by atoms with E-state index in [4.69, 9.17) is 9.47 Å². The summed E-state index contributed by atoms with van der Waals surface area (Å²) in [5.41, 5.74) is 0.703. The third-order valence-corrected chi connectivity index (χ3v) is 4.10. The van der Waals surface area contributed by atoms with E-state index < -0.39 is 24.0 Å². The number of carbonyl (C=O) groups is 2. The van der Waals surface area contributed by atoms with Gasteiger partial charge in [0.1, 0.15) is 18.1 Å². The SMILES string of the molecule is COc1cc2c(OCC3NC(=O)C(F)C3C)nccc2nc1C=O. The van der Waals surface area contributed by atoms with Crippen LogP contribution in [-0.4, -0.2) is 48.1 Å². The Morgan fingerprint density at radius 1 is 1.46 bits per heavy atom. The summed E-state index contributed by atoms with van der Waals surface area (Å²) in [7, 11) is 1.43. The number of carbonyl (C=O) groups excluding carboxylic acids is 2. The van der Waals surface area contributed by atoms with Gasteiger partial charge in [-0.2, -0.15) is 0 Å². The van der Waals surface area contributed by atoms with Gasteiger partial charge >= 0.3 is 0 Å². The molecule has 3 heterocycles. The Labute approximate surface area is 137 Å². The number of hydrogen-bond acceptors (Lipinski definition) is 6. The van der Waals surface area contributed by atoms with Crippen LogP contribution in [0.15, 0.2) is 18.3 Å². The second kappa shape index (κ2) is 6.38. The first-order chi connectivity index (χ1) is 11.5. The fraction of sp³-hybridized carbons (Fsp3) is 0.375.